The van der Waals surface area contributed by atoms with E-state index in [0.29, 0.717) is 0 Å². The summed E-state index contributed by atoms with van der Waals surface area (Å²) >= 11 is 0. The molecular formula is C13H25N3O. The lowest BCUT2D eigenvalue weighted by molar-refractivity contribution is 0.553. The minimum Gasteiger partial charge on any atom is -0.370 e. The van der Waals surface area contributed by atoms with Gasteiger partial charge in [-0.05, 0) is 12.8 Å². The molecule has 0 atom stereocenters. The Kier molecular flexibility index (Phi) is 6.51. The van der Waals surface area contributed by atoms with Crippen LogP contribution < -0.4 is 10.9 Å². The Morgan fingerprint density at radius 3 is 2.59 bits per heavy atom. The molecule has 0 bridgehead atoms. The largest absolute Gasteiger partial charge is 0.370 e. The third-order valence-electron chi connectivity index (χ3n) is 2.88. The third-order valence-corrected chi connectivity index (χ3v) is 2.88. The smallest absolute Gasteiger partial charge is 0.266 e. The second-order valence-electron chi connectivity index (χ2n) is 4.50. The number of hydrogen-bond acceptors (Lipinski definition) is 2. The van der Waals surface area contributed by atoms with E-state index in [1.807, 2.05) is 4.68 Å². The van der Waals surface area contributed by atoms with Crippen LogP contribution in [0.15, 0.2) is 10.9 Å². The zero-order valence-electron chi connectivity index (χ0n) is 11.1. The van der Waals surface area contributed by atoms with E-state index in [2.05, 4.69) is 24.3 Å². The number of aryl methyl sites for hydroxylation is 1. The summed E-state index contributed by atoms with van der Waals surface area (Å²) in [7, 11) is 0. The van der Waals surface area contributed by atoms with Crippen molar-refractivity contribution in [2.75, 3.05) is 11.9 Å². The quantitative estimate of drug-likeness (QED) is 0.651. The fraction of sp³-hybridized carbons (Fsp3) is 0.769. The van der Waals surface area contributed by atoms with Gasteiger partial charge in [0, 0.05) is 19.2 Å². The Balaban J connectivity index is 2.43. The number of rotatable bonds is 9. The van der Waals surface area contributed by atoms with Crippen LogP contribution in [0.5, 0.6) is 0 Å². The van der Waals surface area contributed by atoms with Gasteiger partial charge in [-0.15, -0.1) is 0 Å². The summed E-state index contributed by atoms with van der Waals surface area (Å²) in [5, 5.41) is 6.17. The molecule has 1 heterocycles. The Hall–Kier alpha value is -1.19. The van der Waals surface area contributed by atoms with E-state index in [1.54, 1.807) is 6.07 Å². The fourth-order valence-electron chi connectivity index (χ4n) is 1.86. The number of hydrogen-bond donors (Lipinski definition) is 2. The predicted molar refractivity (Wildman–Crippen MR) is 72.6 cm³/mol. The van der Waals surface area contributed by atoms with E-state index in [0.717, 1.165) is 31.7 Å². The zero-order valence-corrected chi connectivity index (χ0v) is 11.1. The van der Waals surface area contributed by atoms with Gasteiger partial charge in [-0.1, -0.05) is 39.5 Å². The highest BCUT2D eigenvalue weighted by molar-refractivity contribution is 5.33. The molecule has 0 unspecified atom stereocenters. The number of anilines is 1. The Labute approximate surface area is 103 Å². The van der Waals surface area contributed by atoms with Crippen molar-refractivity contribution in [2.24, 2.45) is 0 Å². The predicted octanol–water partition coefficient (Wildman–Crippen LogP) is 2.97. The van der Waals surface area contributed by atoms with Crippen molar-refractivity contribution in [3.63, 3.8) is 0 Å². The van der Waals surface area contributed by atoms with Crippen molar-refractivity contribution in [1.82, 2.24) is 9.78 Å². The van der Waals surface area contributed by atoms with Gasteiger partial charge in [-0.3, -0.25) is 14.6 Å². The van der Waals surface area contributed by atoms with Crippen molar-refractivity contribution in [2.45, 2.75) is 58.9 Å². The first-order valence-electron chi connectivity index (χ1n) is 6.81. The number of aromatic nitrogens is 2. The number of nitrogens with zero attached hydrogens (tertiary/aromatic N) is 1. The van der Waals surface area contributed by atoms with E-state index in [-0.39, 0.29) is 5.56 Å². The van der Waals surface area contributed by atoms with Crippen LogP contribution in [0.3, 0.4) is 0 Å². The number of nitrogens with one attached hydrogen (secondary N) is 2. The second-order valence-corrected chi connectivity index (χ2v) is 4.50. The highest BCUT2D eigenvalue weighted by Crippen LogP contribution is 2.06. The van der Waals surface area contributed by atoms with E-state index in [4.69, 9.17) is 0 Å². The van der Waals surface area contributed by atoms with Gasteiger partial charge in [0.2, 0.25) is 0 Å². The van der Waals surface area contributed by atoms with E-state index in [9.17, 15) is 4.79 Å². The Bertz CT molecular complexity index is 354. The molecule has 4 nitrogen and oxygen atoms in total. The van der Waals surface area contributed by atoms with Crippen molar-refractivity contribution >= 4 is 5.82 Å². The van der Waals surface area contributed by atoms with Gasteiger partial charge in [0.1, 0.15) is 5.82 Å². The molecule has 98 valence electrons. The topological polar surface area (TPSA) is 49.8 Å². The standard InChI is InChI=1S/C13H25N3O/c1-3-5-7-9-14-12-11-13(17)15-16(12)10-8-6-4-2/h11,14H,3-10H2,1-2H3,(H,15,17). The van der Waals surface area contributed by atoms with Crippen LogP contribution in [-0.4, -0.2) is 16.3 Å². The summed E-state index contributed by atoms with van der Waals surface area (Å²) in [5.74, 6) is 0.933. The number of aromatic amines is 1. The van der Waals surface area contributed by atoms with Crippen LogP contribution >= 0.6 is 0 Å². The molecule has 17 heavy (non-hydrogen) atoms. The van der Waals surface area contributed by atoms with Gasteiger partial charge in [0.25, 0.3) is 5.56 Å². The molecule has 1 aromatic rings. The average Bonchev–Trinajstić information content (AvgIpc) is 2.66. The lowest BCUT2D eigenvalue weighted by Crippen LogP contribution is -2.10. The molecular weight excluding hydrogens is 214 g/mol. The summed E-state index contributed by atoms with van der Waals surface area (Å²) in [4.78, 5) is 11.3. The number of unbranched alkanes of at least 4 members (excludes halogenated alkanes) is 4. The van der Waals surface area contributed by atoms with Crippen LogP contribution in [0.1, 0.15) is 52.4 Å². The third kappa shape index (κ3) is 5.11. The molecule has 0 aromatic carbocycles. The monoisotopic (exact) mass is 239 g/mol. The van der Waals surface area contributed by atoms with Gasteiger partial charge in [-0.2, -0.15) is 0 Å². The van der Waals surface area contributed by atoms with E-state index >= 15 is 0 Å². The Morgan fingerprint density at radius 1 is 1.18 bits per heavy atom. The normalized spacial score (nSPS) is 10.7. The molecule has 0 saturated heterocycles. The van der Waals surface area contributed by atoms with Crippen LogP contribution in [0.25, 0.3) is 0 Å². The van der Waals surface area contributed by atoms with Crippen molar-refractivity contribution in [3.8, 4) is 0 Å². The highest BCUT2D eigenvalue weighted by Gasteiger charge is 2.02. The maximum absolute atomic E-state index is 11.3. The molecule has 4 heteroatoms. The summed E-state index contributed by atoms with van der Waals surface area (Å²) < 4.78 is 1.93. The molecule has 0 aliphatic heterocycles. The first-order chi connectivity index (χ1) is 8.27. The van der Waals surface area contributed by atoms with Crippen LogP contribution in [-0.2, 0) is 6.54 Å². The summed E-state index contributed by atoms with van der Waals surface area (Å²) in [5.41, 5.74) is -0.0144. The second kappa shape index (κ2) is 7.98. The molecule has 1 aromatic heterocycles. The van der Waals surface area contributed by atoms with Gasteiger partial charge >= 0.3 is 0 Å². The van der Waals surface area contributed by atoms with Gasteiger partial charge < -0.3 is 5.32 Å². The molecule has 0 radical (unpaired) electrons. The van der Waals surface area contributed by atoms with E-state index in [1.165, 1.54) is 25.7 Å². The molecule has 2 N–H and O–H groups in total. The molecule has 1 rings (SSSR count). The minimum atomic E-state index is -0.0144. The molecule has 0 fully saturated rings. The molecule has 0 amide bonds. The number of H-pyrrole nitrogens is 1. The Morgan fingerprint density at radius 2 is 1.88 bits per heavy atom. The molecule has 0 spiro atoms. The fourth-order valence-corrected chi connectivity index (χ4v) is 1.86. The SMILES string of the molecule is CCCCCNc1cc(=O)[nH]n1CCCCC. The van der Waals surface area contributed by atoms with Gasteiger partial charge in [0.05, 0.1) is 0 Å². The van der Waals surface area contributed by atoms with Crippen LogP contribution in [0.2, 0.25) is 0 Å². The van der Waals surface area contributed by atoms with Crippen LogP contribution in [0.4, 0.5) is 5.82 Å². The lowest BCUT2D eigenvalue weighted by Gasteiger charge is -2.09. The molecule has 0 saturated carbocycles. The molecule has 0 aliphatic carbocycles. The maximum Gasteiger partial charge on any atom is 0.266 e. The summed E-state index contributed by atoms with van der Waals surface area (Å²) in [6.45, 7) is 6.21. The van der Waals surface area contributed by atoms with Gasteiger partial charge in [0.15, 0.2) is 0 Å². The molecule has 0 aliphatic rings. The first kappa shape index (κ1) is 13.9. The average molecular weight is 239 g/mol. The summed E-state index contributed by atoms with van der Waals surface area (Å²) in [6.07, 6.45) is 7.13. The van der Waals surface area contributed by atoms with Crippen LogP contribution in [0, 0.1) is 0 Å². The van der Waals surface area contributed by atoms with E-state index < -0.39 is 0 Å². The minimum absolute atomic E-state index is 0.0144. The van der Waals surface area contributed by atoms with Gasteiger partial charge in [-0.25, -0.2) is 0 Å². The highest BCUT2D eigenvalue weighted by atomic mass is 16.1. The van der Waals surface area contributed by atoms with Crippen molar-refractivity contribution in [3.05, 3.63) is 16.4 Å². The summed E-state index contributed by atoms with van der Waals surface area (Å²) in [6, 6.07) is 1.65. The lowest BCUT2D eigenvalue weighted by atomic mass is 10.2. The maximum atomic E-state index is 11.3. The zero-order chi connectivity index (χ0) is 12.5. The van der Waals surface area contributed by atoms with Crippen molar-refractivity contribution in [1.29, 1.82) is 0 Å². The van der Waals surface area contributed by atoms with Crippen molar-refractivity contribution < 1.29 is 0 Å². The first-order valence-corrected chi connectivity index (χ1v) is 6.81.